The van der Waals surface area contributed by atoms with E-state index in [2.05, 4.69) is 9.97 Å². The molecule has 1 fully saturated rings. The summed E-state index contributed by atoms with van der Waals surface area (Å²) in [6.07, 6.45) is -1.36. The Hall–Kier alpha value is -2.27. The van der Waals surface area contributed by atoms with Crippen LogP contribution in [0.3, 0.4) is 0 Å². The Labute approximate surface area is 135 Å². The summed E-state index contributed by atoms with van der Waals surface area (Å²) in [4.78, 5) is 21.1. The number of aliphatic hydroxyl groups excluding tert-OH is 3. The third-order valence-electron chi connectivity index (χ3n) is 4.41. The Morgan fingerprint density at radius 2 is 2.08 bits per heavy atom. The molecule has 4 atom stereocenters. The SMILES string of the molecule is Cc1cn2c(=O)c3ncn([C@@H]4O[C@H](CO)[C@@H](O)[C@H]4O)c3n(C)c2n1. The molecule has 0 aromatic carbocycles. The van der Waals surface area contributed by atoms with Crippen LogP contribution in [0.5, 0.6) is 0 Å². The standard InChI is InChI=1S/C14H17N5O5/c1-6-3-18-12(23)8-11(17(2)14(18)16-6)19(5-15-8)13-10(22)9(21)7(4-20)24-13/h3,5,7,9-10,13,20-22H,4H2,1-2H3/t7-,9-,10-,13-/m1/s1. The van der Waals surface area contributed by atoms with Crippen LogP contribution in [-0.4, -0.2) is 63.7 Å². The summed E-state index contributed by atoms with van der Waals surface area (Å²) in [5.41, 5.74) is 0.965. The molecule has 3 aromatic heterocycles. The molecule has 0 aliphatic carbocycles. The first-order valence-electron chi connectivity index (χ1n) is 7.47. The number of nitrogens with zero attached hydrogens (tertiary/aromatic N) is 5. The van der Waals surface area contributed by atoms with Crippen molar-refractivity contribution in [2.75, 3.05) is 6.61 Å². The maximum atomic E-state index is 12.6. The van der Waals surface area contributed by atoms with Crippen molar-refractivity contribution in [2.45, 2.75) is 31.5 Å². The third kappa shape index (κ3) is 1.88. The molecule has 0 amide bonds. The Morgan fingerprint density at radius 3 is 2.75 bits per heavy atom. The van der Waals surface area contributed by atoms with Gasteiger partial charge in [-0.15, -0.1) is 0 Å². The molecule has 0 bridgehead atoms. The van der Waals surface area contributed by atoms with Gasteiger partial charge >= 0.3 is 0 Å². The van der Waals surface area contributed by atoms with Crippen molar-refractivity contribution < 1.29 is 20.1 Å². The van der Waals surface area contributed by atoms with E-state index in [9.17, 15) is 20.1 Å². The van der Waals surface area contributed by atoms with Crippen LogP contribution in [0.4, 0.5) is 0 Å². The Balaban J connectivity index is 1.97. The van der Waals surface area contributed by atoms with Crippen molar-refractivity contribution in [3.8, 4) is 0 Å². The number of aliphatic hydroxyl groups is 3. The van der Waals surface area contributed by atoms with Crippen molar-refractivity contribution in [3.63, 3.8) is 0 Å². The van der Waals surface area contributed by atoms with E-state index in [1.165, 1.54) is 15.3 Å². The molecule has 24 heavy (non-hydrogen) atoms. The third-order valence-corrected chi connectivity index (χ3v) is 4.41. The lowest BCUT2D eigenvalue weighted by atomic mass is 10.1. The van der Waals surface area contributed by atoms with Gasteiger partial charge in [0.1, 0.15) is 18.3 Å². The van der Waals surface area contributed by atoms with Gasteiger partial charge in [-0.05, 0) is 6.92 Å². The van der Waals surface area contributed by atoms with Gasteiger partial charge in [-0.2, -0.15) is 0 Å². The summed E-state index contributed by atoms with van der Waals surface area (Å²) in [6, 6.07) is 0. The van der Waals surface area contributed by atoms with Gasteiger partial charge in [0.2, 0.25) is 5.78 Å². The average Bonchev–Trinajstić information content (AvgIpc) is 3.23. The fourth-order valence-corrected chi connectivity index (χ4v) is 3.21. The second-order valence-corrected chi connectivity index (χ2v) is 5.97. The molecule has 128 valence electrons. The fraction of sp³-hybridized carbons (Fsp3) is 0.500. The van der Waals surface area contributed by atoms with E-state index < -0.39 is 31.1 Å². The van der Waals surface area contributed by atoms with E-state index in [0.717, 1.165) is 0 Å². The van der Waals surface area contributed by atoms with Gasteiger partial charge in [0, 0.05) is 13.2 Å². The largest absolute Gasteiger partial charge is 0.394 e. The molecule has 4 rings (SSSR count). The molecule has 10 heteroatoms. The number of ether oxygens (including phenoxy) is 1. The van der Waals surface area contributed by atoms with E-state index in [1.54, 1.807) is 24.7 Å². The van der Waals surface area contributed by atoms with Crippen molar-refractivity contribution in [1.29, 1.82) is 0 Å². The van der Waals surface area contributed by atoms with E-state index in [1.807, 2.05) is 0 Å². The molecule has 3 N–H and O–H groups in total. The molecule has 0 spiro atoms. The van der Waals surface area contributed by atoms with Gasteiger partial charge < -0.3 is 20.1 Å². The molecule has 4 heterocycles. The van der Waals surface area contributed by atoms with Crippen molar-refractivity contribution >= 4 is 16.9 Å². The molecule has 0 radical (unpaired) electrons. The minimum absolute atomic E-state index is 0.195. The van der Waals surface area contributed by atoms with Crippen LogP contribution in [0.2, 0.25) is 0 Å². The molecular weight excluding hydrogens is 318 g/mol. The van der Waals surface area contributed by atoms with Gasteiger partial charge in [-0.3, -0.25) is 13.9 Å². The summed E-state index contributed by atoms with van der Waals surface area (Å²) in [7, 11) is 1.73. The number of hydrogen-bond donors (Lipinski definition) is 3. The fourth-order valence-electron chi connectivity index (χ4n) is 3.21. The minimum atomic E-state index is -1.26. The molecular formula is C14H17N5O5. The monoisotopic (exact) mass is 335 g/mol. The lowest BCUT2D eigenvalue weighted by Crippen LogP contribution is -2.33. The highest BCUT2D eigenvalue weighted by molar-refractivity contribution is 5.73. The second kappa shape index (κ2) is 5.11. The first-order valence-corrected chi connectivity index (χ1v) is 7.47. The number of aryl methyl sites for hydroxylation is 2. The molecule has 3 aromatic rings. The lowest BCUT2D eigenvalue weighted by molar-refractivity contribution is -0.0512. The Bertz CT molecular complexity index is 989. The highest BCUT2D eigenvalue weighted by atomic mass is 16.6. The minimum Gasteiger partial charge on any atom is -0.394 e. The first-order chi connectivity index (χ1) is 11.4. The van der Waals surface area contributed by atoms with E-state index in [-0.39, 0.29) is 11.1 Å². The van der Waals surface area contributed by atoms with Crippen molar-refractivity contribution in [3.05, 3.63) is 28.6 Å². The zero-order valence-electron chi connectivity index (χ0n) is 13.1. The predicted octanol–water partition coefficient (Wildman–Crippen LogP) is -1.70. The van der Waals surface area contributed by atoms with Gasteiger partial charge in [-0.1, -0.05) is 0 Å². The number of hydrogen-bond acceptors (Lipinski definition) is 7. The van der Waals surface area contributed by atoms with Gasteiger partial charge in [0.15, 0.2) is 17.4 Å². The first kappa shape index (κ1) is 15.3. The predicted molar refractivity (Wildman–Crippen MR) is 81.5 cm³/mol. The molecule has 1 aliphatic heterocycles. The highest BCUT2D eigenvalue weighted by Crippen LogP contribution is 2.31. The van der Waals surface area contributed by atoms with Gasteiger partial charge in [0.05, 0.1) is 18.6 Å². The Morgan fingerprint density at radius 1 is 1.33 bits per heavy atom. The van der Waals surface area contributed by atoms with Crippen LogP contribution < -0.4 is 5.56 Å². The number of rotatable bonds is 2. The van der Waals surface area contributed by atoms with E-state index in [4.69, 9.17) is 4.74 Å². The van der Waals surface area contributed by atoms with E-state index >= 15 is 0 Å². The van der Waals surface area contributed by atoms with Crippen LogP contribution in [0.1, 0.15) is 11.9 Å². The Kier molecular flexibility index (Phi) is 3.25. The summed E-state index contributed by atoms with van der Waals surface area (Å²) in [6.45, 7) is 1.36. The van der Waals surface area contributed by atoms with Crippen LogP contribution in [0.15, 0.2) is 17.3 Å². The highest BCUT2D eigenvalue weighted by Gasteiger charge is 2.44. The molecule has 0 unspecified atom stereocenters. The van der Waals surface area contributed by atoms with E-state index in [0.29, 0.717) is 17.1 Å². The lowest BCUT2D eigenvalue weighted by Gasteiger charge is -2.18. The van der Waals surface area contributed by atoms with Gasteiger partial charge in [-0.25, -0.2) is 14.4 Å². The maximum absolute atomic E-state index is 12.6. The summed E-state index contributed by atoms with van der Waals surface area (Å²) in [5.74, 6) is 0.429. The topological polar surface area (TPSA) is 127 Å². The molecule has 10 nitrogen and oxygen atoms in total. The molecule has 1 aliphatic rings. The normalized spacial score (nSPS) is 27.5. The zero-order valence-corrected chi connectivity index (χ0v) is 13.1. The van der Waals surface area contributed by atoms with Crippen LogP contribution in [0.25, 0.3) is 16.9 Å². The van der Waals surface area contributed by atoms with Gasteiger partial charge in [0.25, 0.3) is 5.56 Å². The smallest absolute Gasteiger partial charge is 0.287 e. The van der Waals surface area contributed by atoms with Crippen LogP contribution in [-0.2, 0) is 11.8 Å². The van der Waals surface area contributed by atoms with Crippen LogP contribution >= 0.6 is 0 Å². The molecule has 0 saturated carbocycles. The number of imidazole rings is 2. The van der Waals surface area contributed by atoms with Crippen LogP contribution in [0, 0.1) is 6.92 Å². The second-order valence-electron chi connectivity index (χ2n) is 5.97. The molecule has 1 saturated heterocycles. The average molecular weight is 335 g/mol. The van der Waals surface area contributed by atoms with Crippen molar-refractivity contribution in [1.82, 2.24) is 23.5 Å². The zero-order chi connectivity index (χ0) is 17.2. The number of fused-ring (bicyclic) bond motifs is 2. The maximum Gasteiger partial charge on any atom is 0.287 e. The number of aromatic nitrogens is 5. The summed E-state index contributed by atoms with van der Waals surface area (Å²) < 4.78 is 10.1. The summed E-state index contributed by atoms with van der Waals surface area (Å²) in [5, 5.41) is 29.4. The summed E-state index contributed by atoms with van der Waals surface area (Å²) >= 11 is 0. The van der Waals surface area contributed by atoms with Crippen molar-refractivity contribution in [2.24, 2.45) is 7.05 Å². The quantitative estimate of drug-likeness (QED) is 0.509.